The van der Waals surface area contributed by atoms with Gasteiger partial charge in [0.1, 0.15) is 52.4 Å². The largest absolute Gasteiger partial charge is 0.325 e. The molecule has 0 bridgehead atoms. The van der Waals surface area contributed by atoms with Crippen LogP contribution in [0.2, 0.25) is 0 Å². The fourth-order valence-corrected chi connectivity index (χ4v) is 26.0. The second-order valence-electron chi connectivity index (χ2n) is 45.6. The highest BCUT2D eigenvalue weighted by Crippen LogP contribution is 2.29. The lowest BCUT2D eigenvalue weighted by atomic mass is 10.1. The SMILES string of the molecule is CCCCCCCC[N+](C)(C)Cc1cc(C[N+](C)(C)CCCCCCCC)cc([Si](c2cc(C[N+](C)(C)CCCCCCCC)cc(C[N+](C)(C)CCCCCCCC)c2)(c2cc(C[N+](C)(C)CCCCCCCC)cc(C[N+](C)(C)CCCCCCCC)c2)c2cc(C[N+](C)(C)CCCCCCCC)cc(C[N+](C)(C)CCCCCCCC)c2)c1. The molecule has 0 N–H and O–H groups in total. The van der Waals surface area contributed by atoms with Gasteiger partial charge in [0.2, 0.25) is 0 Å². The van der Waals surface area contributed by atoms with Crippen LogP contribution >= 0.6 is 0 Å². The predicted octanol–water partition coefficient (Wildman–Crippen LogP) is 26.6. The first-order valence-electron chi connectivity index (χ1n) is 52.6. The molecule has 0 heterocycles. The van der Waals surface area contributed by atoms with Crippen molar-refractivity contribution in [2.24, 2.45) is 0 Å². The van der Waals surface area contributed by atoms with Crippen LogP contribution in [-0.2, 0) is 52.4 Å². The summed E-state index contributed by atoms with van der Waals surface area (Å²) in [5.41, 5.74) is 12.4. The molecule has 8 nitrogen and oxygen atoms in total. The zero-order valence-corrected chi connectivity index (χ0v) is 87.3. The van der Waals surface area contributed by atoms with Crippen LogP contribution in [0.1, 0.15) is 408 Å². The van der Waals surface area contributed by atoms with Gasteiger partial charge in [-0.1, -0.05) is 309 Å². The Morgan fingerprint density at radius 2 is 0.240 bits per heavy atom. The fraction of sp³-hybridized carbons (Fsp3) is 0.786. The van der Waals surface area contributed by atoms with Crippen LogP contribution in [-0.4, -0.2) is 209 Å². The van der Waals surface area contributed by atoms with E-state index in [9.17, 15) is 0 Å². The molecule has 0 radical (unpaired) electrons. The zero-order chi connectivity index (χ0) is 89.2. The number of unbranched alkanes of at least 4 members (excludes halogenated alkanes) is 40. The van der Waals surface area contributed by atoms with Crippen molar-refractivity contribution in [2.75, 3.05) is 165 Å². The summed E-state index contributed by atoms with van der Waals surface area (Å²) < 4.78 is 8.05. The molecular weight excluding hydrogens is 1490 g/mol. The van der Waals surface area contributed by atoms with E-state index >= 15 is 0 Å². The molecule has 0 aromatic heterocycles. The van der Waals surface area contributed by atoms with Crippen molar-refractivity contribution in [3.63, 3.8) is 0 Å². The van der Waals surface area contributed by atoms with Crippen molar-refractivity contribution >= 4 is 28.8 Å². The van der Waals surface area contributed by atoms with E-state index in [0.717, 1.165) is 88.2 Å². The summed E-state index contributed by atoms with van der Waals surface area (Å²) in [4.78, 5) is 0. The van der Waals surface area contributed by atoms with Crippen LogP contribution in [0.5, 0.6) is 0 Å². The third-order valence-corrected chi connectivity index (χ3v) is 32.4. The van der Waals surface area contributed by atoms with Crippen molar-refractivity contribution in [1.29, 1.82) is 0 Å². The van der Waals surface area contributed by atoms with E-state index in [1.807, 2.05) is 0 Å². The van der Waals surface area contributed by atoms with Gasteiger partial charge in [0, 0.05) is 44.5 Å². The van der Waals surface area contributed by atoms with Gasteiger partial charge in [-0.2, -0.15) is 0 Å². The summed E-state index contributed by atoms with van der Waals surface area (Å²) in [6, 6.07) is 34.7. The maximum absolute atomic E-state index is 3.56. The Bertz CT molecular complexity index is 2690. The molecule has 0 aliphatic heterocycles. The van der Waals surface area contributed by atoms with E-state index in [2.05, 4.69) is 241 Å². The molecule has 0 aliphatic rings. The minimum atomic E-state index is -3.56. The summed E-state index contributed by atoms with van der Waals surface area (Å²) in [5.74, 6) is 0. The number of hydrogen-bond acceptors (Lipinski definition) is 0. The van der Waals surface area contributed by atoms with Crippen molar-refractivity contribution in [1.82, 2.24) is 0 Å². The minimum absolute atomic E-state index is 1.01. The van der Waals surface area contributed by atoms with Gasteiger partial charge < -0.3 is 35.9 Å². The lowest BCUT2D eigenvalue weighted by Crippen LogP contribution is -2.75. The highest BCUT2D eigenvalue weighted by atomic mass is 28.3. The summed E-state index contributed by atoms with van der Waals surface area (Å²) in [6.45, 7) is 36.9. The Morgan fingerprint density at radius 1 is 0.140 bits per heavy atom. The Morgan fingerprint density at radius 3 is 0.347 bits per heavy atom. The van der Waals surface area contributed by atoms with E-state index in [-0.39, 0.29) is 0 Å². The lowest BCUT2D eigenvalue weighted by molar-refractivity contribution is -0.904. The van der Waals surface area contributed by atoms with Crippen LogP contribution in [0.4, 0.5) is 0 Å². The molecule has 4 rings (SSSR count). The van der Waals surface area contributed by atoms with Gasteiger partial charge in [-0.15, -0.1) is 0 Å². The standard InChI is InChI=1S/C112H212N8Si/c1-25-33-41-49-57-65-73-113(9,10)93-101-81-102(94-114(11,12)74-66-58-50-42-34-26-2)86-109(85-101)121(110-87-103(95-115(13,14)75-67-59-51-43-35-27-3)82-104(88-110)96-116(15,16)76-68-60-52-44-36-28-4,111-89-105(97-117(17,18)77-69-61-53-45-37-29-5)83-106(90-111)98-118(19,20)78-70-62-54-46-38-30-6)112-91-107(99-119(21,22)79-71-63-55-47-39-31-7)84-108(92-112)100-120(23,24)80-72-64-56-48-40-32-8/h81-92H,25-80,93-100H2,1-24H3/q+8. The first-order chi connectivity index (χ1) is 57.5. The van der Waals surface area contributed by atoms with Crippen LogP contribution in [0.25, 0.3) is 0 Å². The third-order valence-electron chi connectivity index (χ3n) is 27.8. The van der Waals surface area contributed by atoms with Crippen LogP contribution in [0.3, 0.4) is 0 Å². The summed E-state index contributed by atoms with van der Waals surface area (Å²) >= 11 is 0. The molecular formula is C112H212N8Si+8. The van der Waals surface area contributed by atoms with Crippen molar-refractivity contribution in [3.8, 4) is 0 Å². The molecule has 0 unspecified atom stereocenters. The molecule has 9 heteroatoms. The molecule has 0 aliphatic carbocycles. The minimum Gasteiger partial charge on any atom is -0.325 e. The molecule has 4 aromatic carbocycles. The van der Waals surface area contributed by atoms with E-state index in [0.29, 0.717) is 0 Å². The molecule has 0 saturated carbocycles. The van der Waals surface area contributed by atoms with Crippen LogP contribution in [0.15, 0.2) is 72.8 Å². The Kier molecular flexibility index (Phi) is 53.8. The maximum Gasteiger partial charge on any atom is 0.179 e. The quantitative estimate of drug-likeness (QED) is 0.0179. The van der Waals surface area contributed by atoms with Gasteiger partial charge >= 0.3 is 0 Å². The number of hydrogen-bond donors (Lipinski definition) is 0. The Labute approximate surface area is 758 Å². The first-order valence-corrected chi connectivity index (χ1v) is 54.6. The summed E-state index contributed by atoms with van der Waals surface area (Å²) in [5, 5.41) is 6.55. The van der Waals surface area contributed by atoms with Crippen LogP contribution in [0, 0.1) is 0 Å². The molecule has 0 saturated heterocycles. The molecule has 4 aromatic rings. The number of quaternary nitrogens is 8. The van der Waals surface area contributed by atoms with E-state index < -0.39 is 8.07 Å². The maximum atomic E-state index is 2.95. The number of benzene rings is 4. The highest BCUT2D eigenvalue weighted by molar-refractivity contribution is 7.20. The fourth-order valence-electron chi connectivity index (χ4n) is 20.8. The average Bonchev–Trinajstić information content (AvgIpc) is 0.715. The molecule has 0 amide bonds. The average molecular weight is 1700 g/mol. The number of nitrogens with zero attached hydrogens (tertiary/aromatic N) is 8. The van der Waals surface area contributed by atoms with E-state index in [1.165, 1.54) is 361 Å². The van der Waals surface area contributed by atoms with Crippen molar-refractivity contribution < 1.29 is 35.9 Å². The zero-order valence-electron chi connectivity index (χ0n) is 86.3. The second-order valence-corrected chi connectivity index (χ2v) is 49.4. The lowest BCUT2D eigenvalue weighted by Gasteiger charge is -2.40. The van der Waals surface area contributed by atoms with Crippen molar-refractivity contribution in [2.45, 2.75) is 416 Å². The molecule has 696 valence electrons. The van der Waals surface area contributed by atoms with Gasteiger partial charge in [0.25, 0.3) is 0 Å². The normalized spacial score (nSPS) is 13.1. The number of rotatable bonds is 76. The smallest absolute Gasteiger partial charge is 0.179 e. The Hall–Kier alpha value is -3.22. The second kappa shape index (κ2) is 59.1. The van der Waals surface area contributed by atoms with Gasteiger partial charge in [-0.05, 0) is 148 Å². The van der Waals surface area contributed by atoms with Crippen LogP contribution < -0.4 is 20.7 Å². The van der Waals surface area contributed by atoms with Gasteiger partial charge in [0.05, 0.1) is 165 Å². The monoisotopic (exact) mass is 1700 g/mol. The van der Waals surface area contributed by atoms with Crippen molar-refractivity contribution in [3.05, 3.63) is 117 Å². The first kappa shape index (κ1) is 110. The summed E-state index contributed by atoms with van der Waals surface area (Å²) in [7, 11) is 38.1. The Balaban J connectivity index is 2.56. The molecule has 0 atom stereocenters. The van der Waals surface area contributed by atoms with E-state index in [4.69, 9.17) is 0 Å². The summed E-state index contributed by atoms with van der Waals surface area (Å²) in [6.07, 6.45) is 64.0. The van der Waals surface area contributed by atoms with Gasteiger partial charge in [0.15, 0.2) is 8.07 Å². The molecule has 0 fully saturated rings. The van der Waals surface area contributed by atoms with E-state index in [1.54, 1.807) is 65.3 Å². The highest BCUT2D eigenvalue weighted by Gasteiger charge is 2.46. The van der Waals surface area contributed by atoms with Gasteiger partial charge in [-0.3, -0.25) is 0 Å². The third kappa shape index (κ3) is 47.1. The van der Waals surface area contributed by atoms with Gasteiger partial charge in [-0.25, -0.2) is 0 Å². The predicted molar refractivity (Wildman–Crippen MR) is 543 cm³/mol. The topological polar surface area (TPSA) is 0 Å². The molecule has 0 spiro atoms. The molecule has 121 heavy (non-hydrogen) atoms.